The summed E-state index contributed by atoms with van der Waals surface area (Å²) in [7, 11) is 1.68. The lowest BCUT2D eigenvalue weighted by Crippen LogP contribution is -2.57. The van der Waals surface area contributed by atoms with Gasteiger partial charge in [-0.25, -0.2) is 9.78 Å². The first-order chi connectivity index (χ1) is 18.4. The molecule has 1 aromatic carbocycles. The Morgan fingerprint density at radius 2 is 1.90 bits per heavy atom. The Hall–Kier alpha value is -2.41. The maximum Gasteiger partial charge on any atom is 0.410 e. The number of nitrogens with zero attached hydrogens (tertiary/aromatic N) is 4. The van der Waals surface area contributed by atoms with Crippen LogP contribution in [0.5, 0.6) is 0 Å². The highest BCUT2D eigenvalue weighted by molar-refractivity contribution is 14.1. The zero-order valence-corrected chi connectivity index (χ0v) is 26.1. The quantitative estimate of drug-likeness (QED) is 0.227. The van der Waals surface area contributed by atoms with Gasteiger partial charge >= 0.3 is 6.09 Å². The van der Waals surface area contributed by atoms with E-state index in [1.807, 2.05) is 77.4 Å². The van der Waals surface area contributed by atoms with Crippen molar-refractivity contribution >= 4 is 51.8 Å². The third-order valence-corrected chi connectivity index (χ3v) is 7.17. The van der Waals surface area contributed by atoms with Crippen LogP contribution in [0.2, 0.25) is 0 Å². The van der Waals surface area contributed by atoms with Crippen LogP contribution >= 0.6 is 22.9 Å². The van der Waals surface area contributed by atoms with Crippen LogP contribution in [0.4, 0.5) is 4.79 Å². The van der Waals surface area contributed by atoms with Crippen LogP contribution in [0, 0.1) is 11.8 Å². The monoisotopic (exact) mass is 655 g/mol. The van der Waals surface area contributed by atoms with E-state index in [-0.39, 0.29) is 36.9 Å². The van der Waals surface area contributed by atoms with Crippen LogP contribution in [-0.4, -0.2) is 82.3 Å². The van der Waals surface area contributed by atoms with Gasteiger partial charge < -0.3 is 23.8 Å². The van der Waals surface area contributed by atoms with E-state index in [0.29, 0.717) is 31.9 Å². The molecule has 2 atom stereocenters. The number of methoxy groups -OCH3 is 1. The van der Waals surface area contributed by atoms with Crippen LogP contribution in [0.25, 0.3) is 11.0 Å². The Bertz CT molecular complexity index is 1150. The number of likely N-dealkylation sites (tertiary alicyclic amines) is 1. The number of amides is 3. The predicted molar refractivity (Wildman–Crippen MR) is 159 cm³/mol. The molecule has 3 amide bonds. The SMILES string of the molecule is COCCCCn1c(C(=O)N(CC(C)C)[C@H]2CC(C(=O)NI)CN(C(=O)OC(C)(C)C)C2)nc2ccccc21. The number of nitrogens with one attached hydrogen (secondary N) is 1. The average Bonchev–Trinajstić information content (AvgIpc) is 3.26. The maximum absolute atomic E-state index is 14.3. The minimum Gasteiger partial charge on any atom is -0.444 e. The second-order valence-electron chi connectivity index (χ2n) is 11.6. The summed E-state index contributed by atoms with van der Waals surface area (Å²) in [5.74, 6) is -0.295. The minimum atomic E-state index is -0.674. The smallest absolute Gasteiger partial charge is 0.410 e. The Morgan fingerprint density at radius 1 is 1.18 bits per heavy atom. The summed E-state index contributed by atoms with van der Waals surface area (Å²) in [6.07, 6.45) is 1.67. The van der Waals surface area contributed by atoms with Crippen molar-refractivity contribution in [2.75, 3.05) is 33.4 Å². The fraction of sp³-hybridized carbons (Fsp3) is 0.643. The molecular weight excluding hydrogens is 613 g/mol. The van der Waals surface area contributed by atoms with Crippen molar-refractivity contribution < 1.29 is 23.9 Å². The van der Waals surface area contributed by atoms with E-state index in [4.69, 9.17) is 14.5 Å². The van der Waals surface area contributed by atoms with Gasteiger partial charge in [-0.3, -0.25) is 13.1 Å². The van der Waals surface area contributed by atoms with E-state index in [9.17, 15) is 14.4 Å². The lowest BCUT2D eigenvalue weighted by Gasteiger charge is -2.42. The van der Waals surface area contributed by atoms with E-state index in [2.05, 4.69) is 17.4 Å². The third kappa shape index (κ3) is 8.29. The van der Waals surface area contributed by atoms with Gasteiger partial charge in [-0.05, 0) is 58.1 Å². The summed E-state index contributed by atoms with van der Waals surface area (Å²) in [5, 5.41) is 0. The number of aromatic nitrogens is 2. The molecule has 1 saturated heterocycles. The minimum absolute atomic E-state index is 0.169. The van der Waals surface area contributed by atoms with E-state index < -0.39 is 17.6 Å². The Kier molecular flexibility index (Phi) is 11.0. The number of hydrogen-bond donors (Lipinski definition) is 1. The molecule has 1 N–H and O–H groups in total. The predicted octanol–water partition coefficient (Wildman–Crippen LogP) is 4.65. The van der Waals surface area contributed by atoms with Crippen LogP contribution in [0.1, 0.15) is 64.5 Å². The highest BCUT2D eigenvalue weighted by Crippen LogP contribution is 2.27. The number of ether oxygens (including phenoxy) is 2. The summed E-state index contributed by atoms with van der Waals surface area (Å²) in [6, 6.07) is 7.38. The Morgan fingerprint density at radius 3 is 2.54 bits per heavy atom. The van der Waals surface area contributed by atoms with Gasteiger partial charge in [0.2, 0.25) is 5.91 Å². The van der Waals surface area contributed by atoms with Crippen LogP contribution in [-0.2, 0) is 20.8 Å². The number of para-hydroxylation sites is 2. The van der Waals surface area contributed by atoms with Crippen molar-refractivity contribution in [2.24, 2.45) is 11.8 Å². The molecule has 1 fully saturated rings. The molecule has 0 aliphatic carbocycles. The number of fused-ring (bicyclic) bond motifs is 1. The fourth-order valence-corrected chi connectivity index (χ4v) is 5.38. The van der Waals surface area contributed by atoms with Gasteiger partial charge in [-0.1, -0.05) is 26.0 Å². The second-order valence-corrected chi connectivity index (χ2v) is 12.1. The molecule has 1 aromatic heterocycles. The lowest BCUT2D eigenvalue weighted by atomic mass is 9.92. The topological polar surface area (TPSA) is 106 Å². The molecule has 2 aromatic rings. The summed E-state index contributed by atoms with van der Waals surface area (Å²) in [6.45, 7) is 11.8. The van der Waals surface area contributed by atoms with Crippen molar-refractivity contribution in [3.05, 3.63) is 30.1 Å². The molecular formula is C28H42IN5O5. The standard InChI is InChI=1S/C28H42IN5O5/c1-19(2)16-34(21-15-20(25(35)31-29)17-32(18-21)27(37)39-28(3,4)5)26(36)24-30-22-11-7-8-12-23(22)33(24)13-9-10-14-38-6/h7-8,11-12,19-21H,9-10,13-18H2,1-6H3,(H,31,35)/t20?,21-/m0/s1. The summed E-state index contributed by atoms with van der Waals surface area (Å²) >= 11 is 1.82. The van der Waals surface area contributed by atoms with Gasteiger partial charge in [0.15, 0.2) is 5.82 Å². The fourth-order valence-electron chi connectivity index (χ4n) is 4.94. The van der Waals surface area contributed by atoms with Crippen molar-refractivity contribution in [1.82, 2.24) is 22.9 Å². The summed E-state index contributed by atoms with van der Waals surface area (Å²) in [4.78, 5) is 48.3. The van der Waals surface area contributed by atoms with Gasteiger partial charge in [0, 0.05) is 39.9 Å². The van der Waals surface area contributed by atoms with Gasteiger partial charge in [-0.2, -0.15) is 0 Å². The van der Waals surface area contributed by atoms with E-state index in [1.165, 1.54) is 0 Å². The number of piperidine rings is 1. The first-order valence-corrected chi connectivity index (χ1v) is 14.7. The zero-order chi connectivity index (χ0) is 28.7. The highest BCUT2D eigenvalue weighted by atomic mass is 127. The van der Waals surface area contributed by atoms with E-state index >= 15 is 0 Å². The number of benzene rings is 1. The van der Waals surface area contributed by atoms with Crippen molar-refractivity contribution in [3.63, 3.8) is 0 Å². The van der Waals surface area contributed by atoms with Crippen molar-refractivity contribution in [3.8, 4) is 0 Å². The molecule has 0 spiro atoms. The number of carbonyl (C=O) groups excluding carboxylic acids is 3. The average molecular weight is 656 g/mol. The number of imidazole rings is 1. The van der Waals surface area contributed by atoms with Gasteiger partial charge in [0.25, 0.3) is 5.91 Å². The lowest BCUT2D eigenvalue weighted by molar-refractivity contribution is -0.125. The number of halogens is 1. The largest absolute Gasteiger partial charge is 0.444 e. The zero-order valence-electron chi connectivity index (χ0n) is 23.9. The number of unbranched alkanes of at least 4 members (excludes halogenated alkanes) is 1. The van der Waals surface area contributed by atoms with Crippen LogP contribution < -0.4 is 3.53 Å². The summed E-state index contributed by atoms with van der Waals surface area (Å²) in [5.41, 5.74) is 0.994. The van der Waals surface area contributed by atoms with Gasteiger partial charge in [0.05, 0.1) is 45.9 Å². The number of rotatable bonds is 10. The first-order valence-electron chi connectivity index (χ1n) is 13.6. The highest BCUT2D eigenvalue weighted by Gasteiger charge is 2.40. The Balaban J connectivity index is 1.98. The molecule has 216 valence electrons. The molecule has 10 nitrogen and oxygen atoms in total. The number of hydrogen-bond acceptors (Lipinski definition) is 6. The molecule has 0 bridgehead atoms. The van der Waals surface area contributed by atoms with Crippen molar-refractivity contribution in [1.29, 1.82) is 0 Å². The van der Waals surface area contributed by atoms with Crippen LogP contribution in [0.15, 0.2) is 24.3 Å². The van der Waals surface area contributed by atoms with Crippen LogP contribution in [0.3, 0.4) is 0 Å². The number of carbonyl (C=O) groups is 3. The van der Waals surface area contributed by atoms with Crippen molar-refractivity contribution in [2.45, 2.75) is 72.1 Å². The normalized spacial score (nSPS) is 17.9. The third-order valence-electron chi connectivity index (χ3n) is 6.63. The molecule has 0 radical (unpaired) electrons. The molecule has 1 unspecified atom stereocenters. The first kappa shape index (κ1) is 31.1. The Labute approximate surface area is 245 Å². The molecule has 39 heavy (non-hydrogen) atoms. The number of aryl methyl sites for hydroxylation is 1. The molecule has 3 rings (SSSR count). The maximum atomic E-state index is 14.3. The molecule has 0 saturated carbocycles. The van der Waals surface area contributed by atoms with E-state index in [0.717, 1.165) is 23.9 Å². The van der Waals surface area contributed by atoms with E-state index in [1.54, 1.807) is 12.0 Å². The molecule has 11 heteroatoms. The van der Waals surface area contributed by atoms with Gasteiger partial charge in [-0.15, -0.1) is 0 Å². The summed E-state index contributed by atoms with van der Waals surface area (Å²) < 4.78 is 15.5. The van der Waals surface area contributed by atoms with Gasteiger partial charge in [0.1, 0.15) is 5.60 Å². The molecule has 1 aliphatic heterocycles. The second kappa shape index (κ2) is 13.8. The molecule has 2 heterocycles. The molecule has 1 aliphatic rings.